The molecule has 4 fully saturated rings. The summed E-state index contributed by atoms with van der Waals surface area (Å²) in [6, 6.07) is 0. The third-order valence-corrected chi connectivity index (χ3v) is 5.97. The lowest BCUT2D eigenvalue weighted by atomic mass is 9.48. The van der Waals surface area contributed by atoms with Crippen molar-refractivity contribution < 1.29 is 4.79 Å². The first-order valence-electron chi connectivity index (χ1n) is 7.57. The largest absolute Gasteiger partial charge is 0.300 e. The molecule has 4 rings (SSSR count). The van der Waals surface area contributed by atoms with Gasteiger partial charge in [-0.2, -0.15) is 0 Å². The van der Waals surface area contributed by atoms with Crippen molar-refractivity contribution in [2.24, 2.45) is 29.1 Å². The van der Waals surface area contributed by atoms with Gasteiger partial charge in [0, 0.05) is 5.92 Å². The average Bonchev–Trinajstić information content (AvgIpc) is 2.24. The van der Waals surface area contributed by atoms with Crippen LogP contribution in [0.5, 0.6) is 0 Å². The van der Waals surface area contributed by atoms with Crippen LogP contribution in [0.25, 0.3) is 0 Å². The molecule has 0 aromatic heterocycles. The van der Waals surface area contributed by atoms with Crippen LogP contribution < -0.4 is 0 Å². The lowest BCUT2D eigenvalue weighted by Gasteiger charge is -2.57. The first-order chi connectivity index (χ1) is 8.06. The highest BCUT2D eigenvalue weighted by Gasteiger charge is 2.50. The van der Waals surface area contributed by atoms with Crippen molar-refractivity contribution in [3.05, 3.63) is 0 Å². The van der Waals surface area contributed by atoms with Crippen LogP contribution in [0.2, 0.25) is 0 Å². The highest BCUT2D eigenvalue weighted by molar-refractivity contribution is 5.77. The van der Waals surface area contributed by atoms with Gasteiger partial charge in [-0.3, -0.25) is 4.79 Å². The molecule has 0 unspecified atom stereocenters. The minimum Gasteiger partial charge on any atom is -0.300 e. The Hall–Kier alpha value is -0.330. The molecule has 0 radical (unpaired) electrons. The highest BCUT2D eigenvalue weighted by Crippen LogP contribution is 2.61. The van der Waals surface area contributed by atoms with Gasteiger partial charge >= 0.3 is 0 Å². The highest BCUT2D eigenvalue weighted by atomic mass is 16.1. The van der Waals surface area contributed by atoms with E-state index in [-0.39, 0.29) is 0 Å². The van der Waals surface area contributed by atoms with Gasteiger partial charge < -0.3 is 0 Å². The van der Waals surface area contributed by atoms with Crippen LogP contribution in [0.3, 0.4) is 0 Å². The van der Waals surface area contributed by atoms with Gasteiger partial charge in [-0.1, -0.05) is 6.92 Å². The summed E-state index contributed by atoms with van der Waals surface area (Å²) < 4.78 is 0. The molecule has 0 heterocycles. The molecule has 1 atom stereocenters. The zero-order valence-corrected chi connectivity index (χ0v) is 11.4. The fraction of sp³-hybridized carbons (Fsp3) is 0.938. The van der Waals surface area contributed by atoms with E-state index >= 15 is 0 Å². The monoisotopic (exact) mass is 234 g/mol. The SMILES string of the molecule is CC(=O)[C@H](C)CCC12CC3CC(CC(C3)C1)C2. The molecule has 0 amide bonds. The molecule has 0 aromatic rings. The standard InChI is InChI=1S/C16H26O/c1-11(12(2)17)3-4-16-8-13-5-14(9-16)7-15(6-13)10-16/h11,13-15H,3-10H2,1-2H3/t11-,13?,14?,15?,16?/m1/s1. The van der Waals surface area contributed by atoms with Crippen LogP contribution >= 0.6 is 0 Å². The Kier molecular flexibility index (Phi) is 2.83. The summed E-state index contributed by atoms with van der Waals surface area (Å²) in [5.41, 5.74) is 0.665. The Labute approximate surface area is 105 Å². The normalized spacial score (nSPS) is 44.9. The summed E-state index contributed by atoms with van der Waals surface area (Å²) in [6.07, 6.45) is 11.5. The number of ketones is 1. The lowest BCUT2D eigenvalue weighted by Crippen LogP contribution is -2.46. The minimum atomic E-state index is 0.294. The topological polar surface area (TPSA) is 17.1 Å². The van der Waals surface area contributed by atoms with Crippen molar-refractivity contribution in [2.45, 2.75) is 65.2 Å². The number of rotatable bonds is 4. The quantitative estimate of drug-likeness (QED) is 0.712. The second kappa shape index (κ2) is 4.10. The summed E-state index contributed by atoms with van der Waals surface area (Å²) in [4.78, 5) is 11.4. The van der Waals surface area contributed by atoms with Crippen molar-refractivity contribution in [3.8, 4) is 0 Å². The Morgan fingerprint density at radius 3 is 2.00 bits per heavy atom. The van der Waals surface area contributed by atoms with Crippen LogP contribution in [0.15, 0.2) is 0 Å². The zero-order valence-electron chi connectivity index (χ0n) is 11.4. The van der Waals surface area contributed by atoms with Gasteiger partial charge in [-0.15, -0.1) is 0 Å². The smallest absolute Gasteiger partial charge is 0.132 e. The van der Waals surface area contributed by atoms with Crippen LogP contribution in [0, 0.1) is 29.1 Å². The van der Waals surface area contributed by atoms with Crippen molar-refractivity contribution in [1.29, 1.82) is 0 Å². The molecule has 96 valence electrons. The van der Waals surface area contributed by atoms with Crippen molar-refractivity contribution in [3.63, 3.8) is 0 Å². The van der Waals surface area contributed by atoms with Crippen molar-refractivity contribution in [2.75, 3.05) is 0 Å². The molecule has 17 heavy (non-hydrogen) atoms. The summed E-state index contributed by atoms with van der Waals surface area (Å²) in [5, 5.41) is 0. The molecule has 0 aromatic carbocycles. The molecule has 4 aliphatic rings. The lowest BCUT2D eigenvalue weighted by molar-refractivity contribution is -0.121. The Morgan fingerprint density at radius 2 is 1.59 bits per heavy atom. The Balaban J connectivity index is 1.64. The van der Waals surface area contributed by atoms with Crippen molar-refractivity contribution >= 4 is 5.78 Å². The number of Topliss-reactive ketones (excluding diaryl/α,β-unsaturated/α-hetero) is 1. The van der Waals surface area contributed by atoms with Gasteiger partial charge in [0.15, 0.2) is 0 Å². The van der Waals surface area contributed by atoms with Crippen LogP contribution in [-0.4, -0.2) is 5.78 Å². The fourth-order valence-corrected chi connectivity index (χ4v) is 5.32. The van der Waals surface area contributed by atoms with Gasteiger partial charge in [0.1, 0.15) is 5.78 Å². The predicted octanol–water partition coefficient (Wildman–Crippen LogP) is 4.21. The van der Waals surface area contributed by atoms with Gasteiger partial charge in [-0.25, -0.2) is 0 Å². The molecular weight excluding hydrogens is 208 g/mol. The first-order valence-corrected chi connectivity index (χ1v) is 7.57. The van der Waals surface area contributed by atoms with E-state index in [0.29, 0.717) is 17.1 Å². The predicted molar refractivity (Wildman–Crippen MR) is 69.7 cm³/mol. The molecular formula is C16H26O. The maximum absolute atomic E-state index is 11.4. The second-order valence-corrected chi connectivity index (χ2v) is 7.47. The molecule has 0 saturated heterocycles. The van der Waals surface area contributed by atoms with E-state index in [0.717, 1.165) is 24.2 Å². The average molecular weight is 234 g/mol. The Morgan fingerprint density at radius 1 is 1.12 bits per heavy atom. The van der Waals surface area contributed by atoms with Gasteiger partial charge in [0.05, 0.1) is 0 Å². The van der Waals surface area contributed by atoms with E-state index in [4.69, 9.17) is 0 Å². The zero-order chi connectivity index (χ0) is 12.0. The van der Waals surface area contributed by atoms with E-state index in [1.807, 2.05) is 0 Å². The molecule has 4 aliphatic carbocycles. The fourth-order valence-electron chi connectivity index (χ4n) is 5.32. The first kappa shape index (κ1) is 11.7. The van der Waals surface area contributed by atoms with Gasteiger partial charge in [0.2, 0.25) is 0 Å². The maximum atomic E-state index is 11.4. The van der Waals surface area contributed by atoms with E-state index < -0.39 is 0 Å². The number of carbonyl (C=O) groups excluding carboxylic acids is 1. The summed E-state index contributed by atoms with van der Waals surface area (Å²) in [5.74, 6) is 3.83. The van der Waals surface area contributed by atoms with Crippen molar-refractivity contribution in [1.82, 2.24) is 0 Å². The third-order valence-electron chi connectivity index (χ3n) is 5.97. The van der Waals surface area contributed by atoms with Crippen LogP contribution in [0.1, 0.15) is 65.2 Å². The third kappa shape index (κ3) is 2.18. The minimum absolute atomic E-state index is 0.294. The number of hydrogen-bond donors (Lipinski definition) is 0. The van der Waals surface area contributed by atoms with E-state index in [1.165, 1.54) is 44.9 Å². The molecule has 1 heteroatoms. The summed E-state index contributed by atoms with van der Waals surface area (Å²) in [6.45, 7) is 3.87. The maximum Gasteiger partial charge on any atom is 0.132 e. The molecule has 4 bridgehead atoms. The van der Waals surface area contributed by atoms with E-state index in [9.17, 15) is 4.79 Å². The number of hydrogen-bond acceptors (Lipinski definition) is 1. The summed E-state index contributed by atoms with van der Waals surface area (Å²) >= 11 is 0. The number of carbonyl (C=O) groups is 1. The Bertz CT molecular complexity index is 282. The molecule has 0 spiro atoms. The second-order valence-electron chi connectivity index (χ2n) is 7.47. The molecule has 0 aliphatic heterocycles. The van der Waals surface area contributed by atoms with Gasteiger partial charge in [0.25, 0.3) is 0 Å². The molecule has 1 nitrogen and oxygen atoms in total. The van der Waals surface area contributed by atoms with E-state index in [1.54, 1.807) is 6.92 Å². The summed E-state index contributed by atoms with van der Waals surface area (Å²) in [7, 11) is 0. The molecule has 0 N–H and O–H groups in total. The molecule has 4 saturated carbocycles. The van der Waals surface area contributed by atoms with Crippen LogP contribution in [-0.2, 0) is 4.79 Å². The van der Waals surface area contributed by atoms with Gasteiger partial charge in [-0.05, 0) is 81.5 Å². The van der Waals surface area contributed by atoms with E-state index in [2.05, 4.69) is 6.92 Å². The van der Waals surface area contributed by atoms with Crippen LogP contribution in [0.4, 0.5) is 0 Å².